The number of benzene rings is 2. The molecule has 0 spiro atoms. The number of fused-ring (bicyclic) bond motifs is 1. The van der Waals surface area contributed by atoms with Crippen molar-refractivity contribution in [1.29, 1.82) is 0 Å². The summed E-state index contributed by atoms with van der Waals surface area (Å²) in [6.07, 6.45) is -0.0637. The van der Waals surface area contributed by atoms with E-state index >= 15 is 0 Å². The number of amides is 1. The van der Waals surface area contributed by atoms with Crippen molar-refractivity contribution in [2.24, 2.45) is 0 Å². The molecule has 6 heteroatoms. The molecule has 1 amide bonds. The van der Waals surface area contributed by atoms with Gasteiger partial charge >= 0.3 is 0 Å². The first-order valence-corrected chi connectivity index (χ1v) is 8.53. The van der Waals surface area contributed by atoms with Crippen LogP contribution in [0.1, 0.15) is 24.5 Å². The van der Waals surface area contributed by atoms with Gasteiger partial charge in [-0.2, -0.15) is 0 Å². The Kier molecular flexibility index (Phi) is 5.34. The minimum atomic E-state index is -0.603. The highest BCUT2D eigenvalue weighted by molar-refractivity contribution is 6.32. The van der Waals surface area contributed by atoms with Crippen molar-refractivity contribution in [3.8, 4) is 17.2 Å². The third-order valence-corrected chi connectivity index (χ3v) is 4.22. The molecule has 1 N–H and O–H groups in total. The zero-order valence-electron chi connectivity index (χ0n) is 14.2. The van der Waals surface area contributed by atoms with E-state index in [4.69, 9.17) is 25.8 Å². The predicted molar refractivity (Wildman–Crippen MR) is 95.3 cm³/mol. The van der Waals surface area contributed by atoms with Crippen LogP contribution >= 0.6 is 11.6 Å². The van der Waals surface area contributed by atoms with Crippen LogP contribution < -0.4 is 19.5 Å². The van der Waals surface area contributed by atoms with E-state index in [1.165, 1.54) is 0 Å². The second-order valence-electron chi connectivity index (χ2n) is 5.85. The number of halogens is 1. The summed E-state index contributed by atoms with van der Waals surface area (Å²) in [4.78, 5) is 12.4. The maximum atomic E-state index is 12.4. The Morgan fingerprint density at radius 3 is 2.80 bits per heavy atom. The van der Waals surface area contributed by atoms with Gasteiger partial charge in [-0.1, -0.05) is 30.7 Å². The van der Waals surface area contributed by atoms with Crippen molar-refractivity contribution < 1.29 is 19.0 Å². The van der Waals surface area contributed by atoms with E-state index < -0.39 is 6.10 Å². The van der Waals surface area contributed by atoms with Crippen LogP contribution in [0.4, 0.5) is 0 Å². The molecule has 0 radical (unpaired) electrons. The third kappa shape index (κ3) is 4.17. The summed E-state index contributed by atoms with van der Waals surface area (Å²) in [5.74, 6) is 1.74. The normalized spacial score (nSPS) is 13.4. The summed E-state index contributed by atoms with van der Waals surface area (Å²) in [7, 11) is 0. The number of hydrogen-bond acceptors (Lipinski definition) is 4. The van der Waals surface area contributed by atoms with Crippen molar-refractivity contribution in [2.45, 2.75) is 32.9 Å². The van der Waals surface area contributed by atoms with Gasteiger partial charge in [-0.15, -0.1) is 0 Å². The Hall–Kier alpha value is -2.40. The van der Waals surface area contributed by atoms with Crippen LogP contribution in [-0.2, 0) is 11.3 Å². The minimum Gasteiger partial charge on any atom is -0.479 e. The summed E-state index contributed by atoms with van der Waals surface area (Å²) in [5.41, 5.74) is 1.97. The molecular weight excluding hydrogens is 342 g/mol. The van der Waals surface area contributed by atoms with E-state index in [-0.39, 0.29) is 12.7 Å². The number of hydrogen-bond donors (Lipinski definition) is 1. The third-order valence-electron chi connectivity index (χ3n) is 3.92. The number of nitrogens with one attached hydrogen (secondary N) is 1. The summed E-state index contributed by atoms with van der Waals surface area (Å²) in [6, 6.07) is 11.1. The van der Waals surface area contributed by atoms with Gasteiger partial charge in [0.15, 0.2) is 17.6 Å². The summed E-state index contributed by atoms with van der Waals surface area (Å²) >= 11 is 6.18. The first kappa shape index (κ1) is 17.4. The maximum absolute atomic E-state index is 12.4. The Morgan fingerprint density at radius 1 is 1.24 bits per heavy atom. The molecule has 1 aliphatic heterocycles. The molecule has 2 aromatic carbocycles. The molecule has 2 aromatic rings. The highest BCUT2D eigenvalue weighted by Gasteiger charge is 2.20. The van der Waals surface area contributed by atoms with Gasteiger partial charge in [0.1, 0.15) is 5.75 Å². The number of carbonyl (C=O) groups is 1. The van der Waals surface area contributed by atoms with Gasteiger partial charge in [0.25, 0.3) is 5.91 Å². The summed E-state index contributed by atoms with van der Waals surface area (Å²) in [6.45, 7) is 4.46. The smallest absolute Gasteiger partial charge is 0.261 e. The maximum Gasteiger partial charge on any atom is 0.261 e. The molecule has 0 aliphatic carbocycles. The fraction of sp³-hybridized carbons (Fsp3) is 0.316. The largest absolute Gasteiger partial charge is 0.479 e. The molecule has 5 nitrogen and oxygen atoms in total. The van der Waals surface area contributed by atoms with E-state index in [1.807, 2.05) is 44.2 Å². The SMILES string of the molecule is CCC(Oc1ccc(C)cc1Cl)C(=O)NCc1ccc2c(c1)OCO2. The Labute approximate surface area is 151 Å². The minimum absolute atomic E-state index is 0.184. The molecule has 25 heavy (non-hydrogen) atoms. The lowest BCUT2D eigenvalue weighted by Gasteiger charge is -2.18. The van der Waals surface area contributed by atoms with Gasteiger partial charge in [0, 0.05) is 6.54 Å². The van der Waals surface area contributed by atoms with Gasteiger partial charge in [0.05, 0.1) is 5.02 Å². The lowest BCUT2D eigenvalue weighted by Crippen LogP contribution is -2.37. The van der Waals surface area contributed by atoms with Gasteiger partial charge in [-0.3, -0.25) is 4.79 Å². The van der Waals surface area contributed by atoms with E-state index in [0.717, 1.165) is 16.9 Å². The van der Waals surface area contributed by atoms with Crippen LogP contribution in [-0.4, -0.2) is 18.8 Å². The highest BCUT2D eigenvalue weighted by Crippen LogP contribution is 2.32. The molecule has 1 aliphatic rings. The lowest BCUT2D eigenvalue weighted by atomic mass is 10.2. The highest BCUT2D eigenvalue weighted by atomic mass is 35.5. The number of rotatable bonds is 6. The Bertz CT molecular complexity index is 778. The Balaban J connectivity index is 1.60. The number of aryl methyl sites for hydroxylation is 1. The lowest BCUT2D eigenvalue weighted by molar-refractivity contribution is -0.128. The van der Waals surface area contributed by atoms with Crippen molar-refractivity contribution in [1.82, 2.24) is 5.32 Å². The summed E-state index contributed by atoms with van der Waals surface area (Å²) in [5, 5.41) is 3.39. The molecule has 3 rings (SSSR count). The van der Waals surface area contributed by atoms with Crippen LogP contribution in [0, 0.1) is 6.92 Å². The molecule has 1 atom stereocenters. The Morgan fingerprint density at radius 2 is 2.04 bits per heavy atom. The predicted octanol–water partition coefficient (Wildman–Crippen LogP) is 3.85. The average molecular weight is 362 g/mol. The zero-order chi connectivity index (χ0) is 17.8. The van der Waals surface area contributed by atoms with E-state index in [1.54, 1.807) is 6.07 Å². The molecule has 132 valence electrons. The number of ether oxygens (including phenoxy) is 3. The van der Waals surface area contributed by atoms with E-state index in [2.05, 4.69) is 5.32 Å². The van der Waals surface area contributed by atoms with Gasteiger partial charge in [0.2, 0.25) is 6.79 Å². The zero-order valence-corrected chi connectivity index (χ0v) is 14.9. The van der Waals surface area contributed by atoms with Gasteiger partial charge in [-0.25, -0.2) is 0 Å². The number of carbonyl (C=O) groups excluding carboxylic acids is 1. The first-order chi connectivity index (χ1) is 12.1. The van der Waals surface area contributed by atoms with Crippen molar-refractivity contribution in [3.05, 3.63) is 52.5 Å². The monoisotopic (exact) mass is 361 g/mol. The second kappa shape index (κ2) is 7.66. The molecule has 0 aromatic heterocycles. The van der Waals surface area contributed by atoms with Crippen LogP contribution in [0.2, 0.25) is 5.02 Å². The van der Waals surface area contributed by atoms with Crippen LogP contribution in [0.15, 0.2) is 36.4 Å². The fourth-order valence-corrected chi connectivity index (χ4v) is 2.81. The van der Waals surface area contributed by atoms with Gasteiger partial charge < -0.3 is 19.5 Å². The van der Waals surface area contributed by atoms with Crippen molar-refractivity contribution >= 4 is 17.5 Å². The van der Waals surface area contributed by atoms with Crippen molar-refractivity contribution in [3.63, 3.8) is 0 Å². The van der Waals surface area contributed by atoms with E-state index in [9.17, 15) is 4.79 Å². The van der Waals surface area contributed by atoms with Crippen LogP contribution in [0.5, 0.6) is 17.2 Å². The molecule has 0 saturated heterocycles. The van der Waals surface area contributed by atoms with E-state index in [0.29, 0.717) is 29.5 Å². The van der Waals surface area contributed by atoms with Crippen molar-refractivity contribution in [2.75, 3.05) is 6.79 Å². The summed E-state index contributed by atoms with van der Waals surface area (Å²) < 4.78 is 16.4. The first-order valence-electron chi connectivity index (χ1n) is 8.16. The molecular formula is C19H20ClNO4. The fourth-order valence-electron chi connectivity index (χ4n) is 2.53. The van der Waals surface area contributed by atoms with Gasteiger partial charge in [-0.05, 0) is 48.7 Å². The molecule has 0 saturated carbocycles. The average Bonchev–Trinajstić information content (AvgIpc) is 3.07. The molecule has 1 unspecified atom stereocenters. The molecule has 1 heterocycles. The molecule has 0 bridgehead atoms. The standard InChI is InChI=1S/C19H20ClNO4/c1-3-15(25-16-6-4-12(2)8-14(16)20)19(22)21-10-13-5-7-17-18(9-13)24-11-23-17/h4-9,15H,3,10-11H2,1-2H3,(H,21,22). The molecule has 0 fully saturated rings. The quantitative estimate of drug-likeness (QED) is 0.849. The topological polar surface area (TPSA) is 56.8 Å². The van der Waals surface area contributed by atoms with Crippen LogP contribution in [0.25, 0.3) is 0 Å². The van der Waals surface area contributed by atoms with Crippen LogP contribution in [0.3, 0.4) is 0 Å². The second-order valence-corrected chi connectivity index (χ2v) is 6.26.